The van der Waals surface area contributed by atoms with Crippen molar-refractivity contribution in [2.24, 2.45) is 5.92 Å². The third-order valence-electron chi connectivity index (χ3n) is 4.19. The number of halogens is 1. The zero-order valence-electron chi connectivity index (χ0n) is 14.2. The largest absolute Gasteiger partial charge is 0.347 e. The second-order valence-corrected chi connectivity index (χ2v) is 8.02. The Kier molecular flexibility index (Phi) is 6.12. The van der Waals surface area contributed by atoms with E-state index in [9.17, 15) is 22.4 Å². The first-order chi connectivity index (χ1) is 11.7. The van der Waals surface area contributed by atoms with E-state index in [0.29, 0.717) is 12.8 Å². The van der Waals surface area contributed by atoms with Crippen LogP contribution in [0.3, 0.4) is 0 Å². The molecule has 0 aliphatic carbocycles. The van der Waals surface area contributed by atoms with E-state index < -0.39 is 15.8 Å². The van der Waals surface area contributed by atoms with Crippen molar-refractivity contribution in [3.8, 4) is 0 Å². The number of benzene rings is 1. The molecule has 2 rings (SSSR count). The van der Waals surface area contributed by atoms with E-state index in [-0.39, 0.29) is 42.3 Å². The molecule has 1 aliphatic rings. The van der Waals surface area contributed by atoms with Gasteiger partial charge in [-0.05, 0) is 25.0 Å². The number of piperidine rings is 1. The van der Waals surface area contributed by atoms with Gasteiger partial charge in [-0.1, -0.05) is 12.1 Å². The fourth-order valence-corrected chi connectivity index (χ4v) is 4.15. The van der Waals surface area contributed by atoms with Crippen molar-refractivity contribution < 1.29 is 22.4 Å². The molecule has 0 atom stereocenters. The standard InChI is InChI=1S/C16H22FN3O4S/c1-19(2)15(21)11-18-16(22)12-7-9-20(10-8-12)25(23,24)14-6-4-3-5-13(14)17/h3-6,12H,7-11H2,1-2H3,(H,18,22). The molecular formula is C16H22FN3O4S. The monoisotopic (exact) mass is 371 g/mol. The lowest BCUT2D eigenvalue weighted by Crippen LogP contribution is -2.45. The fraction of sp³-hybridized carbons (Fsp3) is 0.500. The number of rotatable bonds is 5. The molecule has 0 saturated carbocycles. The number of carbonyl (C=O) groups excluding carboxylic acids is 2. The minimum atomic E-state index is -3.91. The van der Waals surface area contributed by atoms with Gasteiger partial charge in [0, 0.05) is 33.1 Å². The zero-order chi connectivity index (χ0) is 18.6. The molecule has 0 aromatic heterocycles. The summed E-state index contributed by atoms with van der Waals surface area (Å²) in [7, 11) is -0.717. The third kappa shape index (κ3) is 4.55. The molecule has 0 spiro atoms. The summed E-state index contributed by atoms with van der Waals surface area (Å²) in [5.41, 5.74) is 0. The summed E-state index contributed by atoms with van der Waals surface area (Å²) in [6.45, 7) is 0.187. The average Bonchev–Trinajstić information content (AvgIpc) is 2.59. The molecule has 0 unspecified atom stereocenters. The van der Waals surface area contributed by atoms with Gasteiger partial charge in [0.05, 0.1) is 6.54 Å². The van der Waals surface area contributed by atoms with Crippen molar-refractivity contribution in [2.75, 3.05) is 33.7 Å². The summed E-state index contributed by atoms with van der Waals surface area (Å²) in [5.74, 6) is -1.63. The van der Waals surface area contributed by atoms with Gasteiger partial charge in [-0.2, -0.15) is 4.31 Å². The van der Waals surface area contributed by atoms with Crippen molar-refractivity contribution in [1.29, 1.82) is 0 Å². The molecular weight excluding hydrogens is 349 g/mol. The number of likely N-dealkylation sites (N-methyl/N-ethyl adjacent to an activating group) is 1. The summed E-state index contributed by atoms with van der Waals surface area (Å²) in [6.07, 6.45) is 0.658. The van der Waals surface area contributed by atoms with Crippen LogP contribution in [0.15, 0.2) is 29.2 Å². The second-order valence-electron chi connectivity index (χ2n) is 6.11. The van der Waals surface area contributed by atoms with Gasteiger partial charge in [0.15, 0.2) is 0 Å². The minimum Gasteiger partial charge on any atom is -0.347 e. The smallest absolute Gasteiger partial charge is 0.245 e. The van der Waals surface area contributed by atoms with Gasteiger partial charge in [-0.3, -0.25) is 9.59 Å². The molecule has 0 radical (unpaired) electrons. The van der Waals surface area contributed by atoms with E-state index in [4.69, 9.17) is 0 Å². The van der Waals surface area contributed by atoms with Crippen LogP contribution in [0.4, 0.5) is 4.39 Å². The predicted octanol–water partition coefficient (Wildman–Crippen LogP) is 0.431. The van der Waals surface area contributed by atoms with Crippen LogP contribution in [0.2, 0.25) is 0 Å². The molecule has 1 aromatic carbocycles. The number of nitrogens with one attached hydrogen (secondary N) is 1. The minimum absolute atomic E-state index is 0.0838. The molecule has 1 heterocycles. The van der Waals surface area contributed by atoms with Crippen LogP contribution >= 0.6 is 0 Å². The Morgan fingerprint density at radius 3 is 2.40 bits per heavy atom. The molecule has 9 heteroatoms. The third-order valence-corrected chi connectivity index (χ3v) is 6.12. The normalized spacial score (nSPS) is 16.4. The summed E-state index contributed by atoms with van der Waals surface area (Å²) in [6, 6.07) is 5.24. The summed E-state index contributed by atoms with van der Waals surface area (Å²) in [5, 5.41) is 2.57. The van der Waals surface area contributed by atoms with Crippen molar-refractivity contribution in [3.05, 3.63) is 30.1 Å². The molecule has 1 fully saturated rings. The van der Waals surface area contributed by atoms with Crippen molar-refractivity contribution in [3.63, 3.8) is 0 Å². The molecule has 1 saturated heterocycles. The van der Waals surface area contributed by atoms with Gasteiger partial charge < -0.3 is 10.2 Å². The highest BCUT2D eigenvalue weighted by atomic mass is 32.2. The lowest BCUT2D eigenvalue weighted by molar-refractivity contribution is -0.132. The lowest BCUT2D eigenvalue weighted by atomic mass is 9.97. The maximum atomic E-state index is 13.8. The van der Waals surface area contributed by atoms with Crippen LogP contribution in [-0.2, 0) is 19.6 Å². The van der Waals surface area contributed by atoms with E-state index in [1.807, 2.05) is 0 Å². The Morgan fingerprint density at radius 2 is 1.84 bits per heavy atom. The maximum Gasteiger partial charge on any atom is 0.245 e. The van der Waals surface area contributed by atoms with E-state index in [1.165, 1.54) is 27.4 Å². The summed E-state index contributed by atoms with van der Waals surface area (Å²) >= 11 is 0. The van der Waals surface area contributed by atoms with Gasteiger partial charge in [-0.15, -0.1) is 0 Å². The highest BCUT2D eigenvalue weighted by Crippen LogP contribution is 2.25. The van der Waals surface area contributed by atoms with Gasteiger partial charge in [-0.25, -0.2) is 12.8 Å². The highest BCUT2D eigenvalue weighted by Gasteiger charge is 2.33. The maximum absolute atomic E-state index is 13.8. The summed E-state index contributed by atoms with van der Waals surface area (Å²) < 4.78 is 40.0. The SMILES string of the molecule is CN(C)C(=O)CNC(=O)C1CCN(S(=O)(=O)c2ccccc2F)CC1. The zero-order valence-corrected chi connectivity index (χ0v) is 15.1. The van der Waals surface area contributed by atoms with E-state index in [1.54, 1.807) is 14.1 Å². The molecule has 2 amide bonds. The average molecular weight is 371 g/mol. The van der Waals surface area contributed by atoms with Crippen molar-refractivity contribution >= 4 is 21.8 Å². The van der Waals surface area contributed by atoms with Crippen LogP contribution in [0.5, 0.6) is 0 Å². The number of carbonyl (C=O) groups is 2. The lowest BCUT2D eigenvalue weighted by Gasteiger charge is -2.30. The Hall–Kier alpha value is -2.00. The first kappa shape index (κ1) is 19.3. The quantitative estimate of drug-likeness (QED) is 0.813. The Bertz CT molecular complexity index is 744. The van der Waals surface area contributed by atoms with Crippen LogP contribution in [0.1, 0.15) is 12.8 Å². The number of sulfonamides is 1. The first-order valence-electron chi connectivity index (χ1n) is 7.96. The van der Waals surface area contributed by atoms with Crippen LogP contribution in [-0.4, -0.2) is 63.2 Å². The van der Waals surface area contributed by atoms with Crippen molar-refractivity contribution in [1.82, 2.24) is 14.5 Å². The molecule has 1 aliphatic heterocycles. The van der Waals surface area contributed by atoms with E-state index in [0.717, 1.165) is 6.07 Å². The van der Waals surface area contributed by atoms with Crippen LogP contribution in [0, 0.1) is 11.7 Å². The number of hydrogen-bond donors (Lipinski definition) is 1. The number of hydrogen-bond acceptors (Lipinski definition) is 4. The van der Waals surface area contributed by atoms with E-state index >= 15 is 0 Å². The Labute approximate surface area is 146 Å². The predicted molar refractivity (Wildman–Crippen MR) is 89.6 cm³/mol. The molecule has 7 nitrogen and oxygen atoms in total. The fourth-order valence-electron chi connectivity index (χ4n) is 2.62. The van der Waals surface area contributed by atoms with Crippen LogP contribution in [0.25, 0.3) is 0 Å². The molecule has 1 aromatic rings. The molecule has 25 heavy (non-hydrogen) atoms. The van der Waals surface area contributed by atoms with E-state index in [2.05, 4.69) is 5.32 Å². The summed E-state index contributed by atoms with van der Waals surface area (Å²) in [4.78, 5) is 24.6. The first-order valence-corrected chi connectivity index (χ1v) is 9.40. The van der Waals surface area contributed by atoms with Gasteiger partial charge in [0.1, 0.15) is 10.7 Å². The molecule has 1 N–H and O–H groups in total. The number of nitrogens with zero attached hydrogens (tertiary/aromatic N) is 2. The van der Waals surface area contributed by atoms with Gasteiger partial charge in [0.2, 0.25) is 21.8 Å². The van der Waals surface area contributed by atoms with Crippen LogP contribution < -0.4 is 5.32 Å². The molecule has 0 bridgehead atoms. The topological polar surface area (TPSA) is 86.8 Å². The van der Waals surface area contributed by atoms with Gasteiger partial charge >= 0.3 is 0 Å². The number of amides is 2. The van der Waals surface area contributed by atoms with Crippen molar-refractivity contribution in [2.45, 2.75) is 17.7 Å². The van der Waals surface area contributed by atoms with Gasteiger partial charge in [0.25, 0.3) is 0 Å². The second kappa shape index (κ2) is 7.92. The Balaban J connectivity index is 1.94. The highest BCUT2D eigenvalue weighted by molar-refractivity contribution is 7.89. The molecule has 138 valence electrons. The Morgan fingerprint density at radius 1 is 1.24 bits per heavy atom.